The molecule has 2 aromatic rings. The molecule has 0 aliphatic carbocycles. The highest BCUT2D eigenvalue weighted by atomic mass is 32.2. The normalized spacial score (nSPS) is 11.2. The van der Waals surface area contributed by atoms with Gasteiger partial charge in [0.25, 0.3) is 0 Å². The van der Waals surface area contributed by atoms with Gasteiger partial charge in [0.15, 0.2) is 9.84 Å². The zero-order valence-corrected chi connectivity index (χ0v) is 11.9. The zero-order chi connectivity index (χ0) is 14.6. The van der Waals surface area contributed by atoms with Crippen LogP contribution in [0.15, 0.2) is 47.6 Å². The Morgan fingerprint density at radius 2 is 1.90 bits per heavy atom. The van der Waals surface area contributed by atoms with E-state index in [1.54, 1.807) is 36.7 Å². The van der Waals surface area contributed by atoms with Crippen molar-refractivity contribution in [2.24, 2.45) is 0 Å². The maximum Gasteiger partial charge on any atom is 0.184 e. The molecular formula is C14H16N2O3S. The second-order valence-corrected chi connectivity index (χ2v) is 6.21. The van der Waals surface area contributed by atoms with Crippen molar-refractivity contribution in [3.63, 3.8) is 0 Å². The van der Waals surface area contributed by atoms with E-state index < -0.39 is 9.84 Å². The molecule has 5 nitrogen and oxygen atoms in total. The number of nitrogen functional groups attached to an aromatic ring is 1. The van der Waals surface area contributed by atoms with Crippen LogP contribution in [0.5, 0.6) is 5.75 Å². The molecule has 1 aromatic heterocycles. The van der Waals surface area contributed by atoms with E-state index in [1.807, 2.05) is 6.92 Å². The van der Waals surface area contributed by atoms with Crippen molar-refractivity contribution in [2.45, 2.75) is 17.6 Å². The summed E-state index contributed by atoms with van der Waals surface area (Å²) in [5, 5.41) is 0. The number of anilines is 1. The van der Waals surface area contributed by atoms with Crippen LogP contribution < -0.4 is 10.5 Å². The number of sulfone groups is 1. The summed E-state index contributed by atoms with van der Waals surface area (Å²) in [5.41, 5.74) is 6.67. The maximum atomic E-state index is 12.4. The van der Waals surface area contributed by atoms with Crippen LogP contribution in [0.25, 0.3) is 0 Å². The second-order valence-electron chi connectivity index (χ2n) is 4.25. The minimum atomic E-state index is -3.52. The fraction of sp³-hybridized carbons (Fsp3) is 0.214. The highest BCUT2D eigenvalue weighted by Gasteiger charge is 2.19. The van der Waals surface area contributed by atoms with Gasteiger partial charge in [-0.1, -0.05) is 0 Å². The number of hydrogen-bond donors (Lipinski definition) is 1. The van der Waals surface area contributed by atoms with E-state index in [4.69, 9.17) is 10.5 Å². The lowest BCUT2D eigenvalue weighted by Gasteiger charge is -2.10. The molecule has 0 radical (unpaired) electrons. The molecule has 20 heavy (non-hydrogen) atoms. The van der Waals surface area contributed by atoms with Crippen LogP contribution in [0.2, 0.25) is 0 Å². The first kappa shape index (κ1) is 14.3. The molecule has 0 unspecified atom stereocenters. The molecule has 0 fully saturated rings. The van der Waals surface area contributed by atoms with Crippen LogP contribution in [0.1, 0.15) is 12.5 Å². The molecule has 1 aromatic carbocycles. The maximum absolute atomic E-state index is 12.4. The van der Waals surface area contributed by atoms with Crippen molar-refractivity contribution in [1.82, 2.24) is 4.98 Å². The largest absolute Gasteiger partial charge is 0.494 e. The van der Waals surface area contributed by atoms with Crippen LogP contribution in [0.3, 0.4) is 0 Å². The lowest BCUT2D eigenvalue weighted by Crippen LogP contribution is -2.08. The molecule has 0 aliphatic rings. The fourth-order valence-corrected chi connectivity index (χ4v) is 3.33. The van der Waals surface area contributed by atoms with Crippen molar-refractivity contribution in [3.8, 4) is 5.75 Å². The van der Waals surface area contributed by atoms with Gasteiger partial charge in [-0.15, -0.1) is 0 Å². The van der Waals surface area contributed by atoms with Crippen LogP contribution in [0.4, 0.5) is 5.69 Å². The minimum absolute atomic E-state index is 0.0975. The number of aromatic nitrogens is 1. The van der Waals surface area contributed by atoms with E-state index in [0.717, 1.165) is 0 Å². The van der Waals surface area contributed by atoms with Gasteiger partial charge >= 0.3 is 0 Å². The van der Waals surface area contributed by atoms with Gasteiger partial charge in [0, 0.05) is 18.5 Å². The molecule has 0 spiro atoms. The molecule has 0 saturated heterocycles. The van der Waals surface area contributed by atoms with Crippen molar-refractivity contribution >= 4 is 15.5 Å². The summed E-state index contributed by atoms with van der Waals surface area (Å²) in [5.74, 6) is 0.380. The summed E-state index contributed by atoms with van der Waals surface area (Å²) in [4.78, 5) is 3.96. The van der Waals surface area contributed by atoms with Crippen LogP contribution in [-0.2, 0) is 15.6 Å². The Kier molecular flexibility index (Phi) is 4.24. The Hall–Kier alpha value is -2.08. The molecule has 106 valence electrons. The summed E-state index contributed by atoms with van der Waals surface area (Å²) in [6.45, 7) is 2.30. The van der Waals surface area contributed by atoms with Gasteiger partial charge in [0.2, 0.25) is 0 Å². The van der Waals surface area contributed by atoms with Crippen molar-refractivity contribution in [3.05, 3.63) is 48.3 Å². The van der Waals surface area contributed by atoms with E-state index in [9.17, 15) is 8.42 Å². The van der Waals surface area contributed by atoms with Crippen LogP contribution in [0, 0.1) is 0 Å². The number of ether oxygens (including phenoxy) is 1. The summed E-state index contributed by atoms with van der Waals surface area (Å²) < 4.78 is 30.2. The second kappa shape index (κ2) is 5.92. The van der Waals surface area contributed by atoms with Crippen LogP contribution >= 0.6 is 0 Å². The summed E-state index contributed by atoms with van der Waals surface area (Å²) in [6, 6.07) is 8.00. The number of rotatable bonds is 5. The first-order valence-corrected chi connectivity index (χ1v) is 7.82. The predicted molar refractivity (Wildman–Crippen MR) is 77.2 cm³/mol. The van der Waals surface area contributed by atoms with Gasteiger partial charge in [-0.2, -0.15) is 0 Å². The Morgan fingerprint density at radius 1 is 1.20 bits per heavy atom. The van der Waals surface area contributed by atoms with Crippen LogP contribution in [-0.4, -0.2) is 20.0 Å². The molecule has 0 atom stereocenters. The van der Waals surface area contributed by atoms with E-state index in [1.165, 1.54) is 6.07 Å². The van der Waals surface area contributed by atoms with Gasteiger partial charge in [-0.05, 0) is 36.8 Å². The van der Waals surface area contributed by atoms with Gasteiger partial charge in [-0.25, -0.2) is 8.42 Å². The number of benzene rings is 1. The van der Waals surface area contributed by atoms with E-state index in [-0.39, 0.29) is 16.3 Å². The third-order valence-electron chi connectivity index (χ3n) is 2.74. The quantitative estimate of drug-likeness (QED) is 0.853. The molecule has 1 heterocycles. The molecule has 6 heteroatoms. The Morgan fingerprint density at radius 3 is 2.55 bits per heavy atom. The monoisotopic (exact) mass is 292 g/mol. The van der Waals surface area contributed by atoms with Gasteiger partial charge in [-0.3, -0.25) is 4.98 Å². The van der Waals surface area contributed by atoms with E-state index >= 15 is 0 Å². The minimum Gasteiger partial charge on any atom is -0.494 e. The molecule has 2 rings (SSSR count). The van der Waals surface area contributed by atoms with Gasteiger partial charge < -0.3 is 10.5 Å². The summed E-state index contributed by atoms with van der Waals surface area (Å²) in [6.07, 6.45) is 3.12. The lowest BCUT2D eigenvalue weighted by atomic mass is 10.3. The Bertz CT molecular complexity index is 685. The zero-order valence-electron chi connectivity index (χ0n) is 11.1. The first-order chi connectivity index (χ1) is 9.53. The average molecular weight is 292 g/mol. The summed E-state index contributed by atoms with van der Waals surface area (Å²) >= 11 is 0. The van der Waals surface area contributed by atoms with E-state index in [2.05, 4.69) is 4.98 Å². The molecule has 0 aliphatic heterocycles. The Balaban J connectivity index is 2.36. The topological polar surface area (TPSA) is 82.3 Å². The lowest BCUT2D eigenvalue weighted by molar-refractivity contribution is 0.339. The van der Waals surface area contributed by atoms with Crippen molar-refractivity contribution in [2.75, 3.05) is 12.3 Å². The first-order valence-electron chi connectivity index (χ1n) is 6.17. The molecule has 0 amide bonds. The number of pyridine rings is 1. The van der Waals surface area contributed by atoms with Crippen molar-refractivity contribution in [1.29, 1.82) is 0 Å². The number of nitrogens with zero attached hydrogens (tertiary/aromatic N) is 1. The number of nitrogens with two attached hydrogens (primary N) is 1. The Labute approximate surface area is 118 Å². The van der Waals surface area contributed by atoms with E-state index in [0.29, 0.717) is 17.9 Å². The molecule has 0 bridgehead atoms. The average Bonchev–Trinajstić information content (AvgIpc) is 2.42. The standard InChI is InChI=1S/C14H16N2O3S/c1-2-19-12-3-4-13(15)14(9-12)20(17,18)10-11-5-7-16-8-6-11/h3-9H,2,10,15H2,1H3. The highest BCUT2D eigenvalue weighted by Crippen LogP contribution is 2.27. The summed E-state index contributed by atoms with van der Waals surface area (Å²) in [7, 11) is -3.52. The van der Waals surface area contributed by atoms with Crippen molar-refractivity contribution < 1.29 is 13.2 Å². The predicted octanol–water partition coefficient (Wildman–Crippen LogP) is 2.04. The fourth-order valence-electron chi connectivity index (χ4n) is 1.82. The number of hydrogen-bond acceptors (Lipinski definition) is 5. The molecular weight excluding hydrogens is 276 g/mol. The third-order valence-corrected chi connectivity index (χ3v) is 4.47. The third kappa shape index (κ3) is 3.27. The molecule has 0 saturated carbocycles. The van der Waals surface area contributed by atoms with Gasteiger partial charge in [0.1, 0.15) is 5.75 Å². The smallest absolute Gasteiger partial charge is 0.184 e. The molecule has 2 N–H and O–H groups in total. The van der Waals surface area contributed by atoms with Gasteiger partial charge in [0.05, 0.1) is 22.9 Å². The highest BCUT2D eigenvalue weighted by molar-refractivity contribution is 7.90. The SMILES string of the molecule is CCOc1ccc(N)c(S(=O)(=O)Cc2ccncc2)c1.